The molecule has 0 saturated heterocycles. The minimum absolute atomic E-state index is 0.131. The van der Waals surface area contributed by atoms with Crippen LogP contribution in [0.2, 0.25) is 0 Å². The molecule has 6 heteroatoms. The van der Waals surface area contributed by atoms with Crippen LogP contribution in [0.25, 0.3) is 0 Å². The van der Waals surface area contributed by atoms with Crippen LogP contribution in [0.15, 0.2) is 12.3 Å². The monoisotopic (exact) mass is 279 g/mol. The lowest BCUT2D eigenvalue weighted by molar-refractivity contribution is -0.0601. The predicted molar refractivity (Wildman–Crippen MR) is 76.7 cm³/mol. The van der Waals surface area contributed by atoms with Gasteiger partial charge in [-0.05, 0) is 32.3 Å². The first-order valence-electron chi connectivity index (χ1n) is 6.82. The molecule has 1 fully saturated rings. The molecule has 110 valence electrons. The Morgan fingerprint density at radius 3 is 2.85 bits per heavy atom. The van der Waals surface area contributed by atoms with E-state index in [4.69, 9.17) is 15.2 Å². The van der Waals surface area contributed by atoms with Crippen molar-refractivity contribution in [2.24, 2.45) is 0 Å². The van der Waals surface area contributed by atoms with Gasteiger partial charge in [-0.25, -0.2) is 9.78 Å². The highest BCUT2D eigenvalue weighted by Crippen LogP contribution is 2.35. The summed E-state index contributed by atoms with van der Waals surface area (Å²) in [6.07, 6.45) is 4.76. The van der Waals surface area contributed by atoms with Crippen LogP contribution in [-0.2, 0) is 9.47 Å². The Morgan fingerprint density at radius 1 is 1.55 bits per heavy atom. The lowest BCUT2D eigenvalue weighted by atomic mass is 9.80. The summed E-state index contributed by atoms with van der Waals surface area (Å²) in [6, 6.07) is 1.56. The Bertz CT molecular complexity index is 481. The van der Waals surface area contributed by atoms with Gasteiger partial charge in [-0.15, -0.1) is 0 Å². The summed E-state index contributed by atoms with van der Waals surface area (Å²) < 4.78 is 10.5. The summed E-state index contributed by atoms with van der Waals surface area (Å²) >= 11 is 0. The van der Waals surface area contributed by atoms with E-state index in [0.29, 0.717) is 30.2 Å². The average Bonchev–Trinajstić information content (AvgIpc) is 2.40. The molecule has 1 aliphatic carbocycles. The molecule has 1 aromatic heterocycles. The molecule has 2 rings (SSSR count). The van der Waals surface area contributed by atoms with Crippen LogP contribution in [0.4, 0.5) is 11.5 Å². The van der Waals surface area contributed by atoms with Crippen molar-refractivity contribution in [3.05, 3.63) is 17.8 Å². The molecule has 6 nitrogen and oxygen atoms in total. The van der Waals surface area contributed by atoms with Crippen LogP contribution < -0.4 is 11.1 Å². The summed E-state index contributed by atoms with van der Waals surface area (Å²) in [6.45, 7) is 2.70. The molecule has 0 amide bonds. The fourth-order valence-electron chi connectivity index (χ4n) is 2.27. The molecule has 1 heterocycles. The number of rotatable bonds is 6. The number of pyridine rings is 1. The highest BCUT2D eigenvalue weighted by Gasteiger charge is 2.37. The maximum Gasteiger partial charge on any atom is 0.340 e. The first kappa shape index (κ1) is 14.6. The molecule has 1 aliphatic rings. The van der Waals surface area contributed by atoms with E-state index in [9.17, 15) is 4.79 Å². The number of nitrogen functional groups attached to an aromatic ring is 1. The number of carbonyl (C=O) groups excluding carboxylic acids is 1. The Kier molecular flexibility index (Phi) is 4.44. The lowest BCUT2D eigenvalue weighted by Gasteiger charge is -2.40. The van der Waals surface area contributed by atoms with E-state index in [1.165, 1.54) is 6.42 Å². The van der Waals surface area contributed by atoms with Crippen molar-refractivity contribution in [2.45, 2.75) is 31.8 Å². The second kappa shape index (κ2) is 6.09. The van der Waals surface area contributed by atoms with E-state index in [-0.39, 0.29) is 5.60 Å². The molecule has 1 saturated carbocycles. The molecule has 0 unspecified atom stereocenters. The number of esters is 1. The molecule has 20 heavy (non-hydrogen) atoms. The Morgan fingerprint density at radius 2 is 2.30 bits per heavy atom. The molecule has 1 aromatic rings. The molecular weight excluding hydrogens is 258 g/mol. The lowest BCUT2D eigenvalue weighted by Crippen LogP contribution is -2.45. The molecule has 0 radical (unpaired) electrons. The number of hydrogen-bond acceptors (Lipinski definition) is 6. The Hall–Kier alpha value is -1.82. The number of hydrogen-bond donors (Lipinski definition) is 2. The highest BCUT2D eigenvalue weighted by atomic mass is 16.5. The van der Waals surface area contributed by atoms with Crippen LogP contribution in [0.5, 0.6) is 0 Å². The van der Waals surface area contributed by atoms with Gasteiger partial charge < -0.3 is 20.5 Å². The summed E-state index contributed by atoms with van der Waals surface area (Å²) in [5.41, 5.74) is 6.50. The van der Waals surface area contributed by atoms with Crippen molar-refractivity contribution in [2.75, 3.05) is 31.3 Å². The number of anilines is 2. The van der Waals surface area contributed by atoms with Crippen molar-refractivity contribution >= 4 is 17.5 Å². The highest BCUT2D eigenvalue weighted by molar-refractivity contribution is 5.97. The van der Waals surface area contributed by atoms with Gasteiger partial charge in [0, 0.05) is 19.9 Å². The zero-order valence-corrected chi connectivity index (χ0v) is 11.9. The number of ether oxygens (including phenoxy) is 2. The minimum atomic E-state index is -0.430. The van der Waals surface area contributed by atoms with Gasteiger partial charge in [0.1, 0.15) is 5.82 Å². The minimum Gasteiger partial charge on any atom is -0.462 e. The zero-order valence-electron chi connectivity index (χ0n) is 11.9. The van der Waals surface area contributed by atoms with E-state index in [0.717, 1.165) is 12.8 Å². The quantitative estimate of drug-likeness (QED) is 0.772. The number of methoxy groups -OCH3 is 1. The van der Waals surface area contributed by atoms with Crippen molar-refractivity contribution in [3.63, 3.8) is 0 Å². The molecule has 0 aromatic carbocycles. The average molecular weight is 279 g/mol. The van der Waals surface area contributed by atoms with Crippen LogP contribution in [-0.4, -0.2) is 36.8 Å². The standard InChI is InChI=1S/C14H21N3O3/c1-3-20-13(18)10-5-8-16-12(11(10)15)17-9-14(19-2)6-4-7-14/h5,8H,3-4,6-7,9,15H2,1-2H3,(H,16,17). The smallest absolute Gasteiger partial charge is 0.340 e. The molecule has 0 atom stereocenters. The molecular formula is C14H21N3O3. The third-order valence-corrected chi connectivity index (χ3v) is 3.76. The Balaban J connectivity index is 2.08. The van der Waals surface area contributed by atoms with Gasteiger partial charge in [0.05, 0.1) is 23.5 Å². The first-order chi connectivity index (χ1) is 9.62. The number of nitrogens with zero attached hydrogens (tertiary/aromatic N) is 1. The van der Waals surface area contributed by atoms with E-state index in [1.807, 2.05) is 0 Å². The normalized spacial score (nSPS) is 16.3. The van der Waals surface area contributed by atoms with Crippen LogP contribution >= 0.6 is 0 Å². The molecule has 3 N–H and O–H groups in total. The van der Waals surface area contributed by atoms with Crippen LogP contribution in [0.1, 0.15) is 36.5 Å². The van der Waals surface area contributed by atoms with Gasteiger partial charge in [-0.3, -0.25) is 0 Å². The molecule has 0 bridgehead atoms. The van der Waals surface area contributed by atoms with Crippen molar-refractivity contribution in [1.82, 2.24) is 4.98 Å². The van der Waals surface area contributed by atoms with Crippen molar-refractivity contribution in [3.8, 4) is 0 Å². The largest absolute Gasteiger partial charge is 0.462 e. The SMILES string of the molecule is CCOC(=O)c1ccnc(NCC2(OC)CCC2)c1N. The van der Waals surface area contributed by atoms with Gasteiger partial charge >= 0.3 is 5.97 Å². The third-order valence-electron chi connectivity index (χ3n) is 3.76. The van der Waals surface area contributed by atoms with Gasteiger partial charge in [0.25, 0.3) is 0 Å². The fourth-order valence-corrected chi connectivity index (χ4v) is 2.27. The van der Waals surface area contributed by atoms with E-state index >= 15 is 0 Å². The maximum absolute atomic E-state index is 11.8. The number of carbonyl (C=O) groups is 1. The van der Waals surface area contributed by atoms with Gasteiger partial charge in [0.2, 0.25) is 0 Å². The van der Waals surface area contributed by atoms with Crippen molar-refractivity contribution in [1.29, 1.82) is 0 Å². The summed E-state index contributed by atoms with van der Waals surface area (Å²) in [4.78, 5) is 15.9. The summed E-state index contributed by atoms with van der Waals surface area (Å²) in [5, 5.41) is 3.18. The van der Waals surface area contributed by atoms with Gasteiger partial charge in [-0.1, -0.05) is 0 Å². The summed E-state index contributed by atoms with van der Waals surface area (Å²) in [7, 11) is 1.71. The van der Waals surface area contributed by atoms with Crippen LogP contribution in [0.3, 0.4) is 0 Å². The van der Waals surface area contributed by atoms with Crippen molar-refractivity contribution < 1.29 is 14.3 Å². The fraction of sp³-hybridized carbons (Fsp3) is 0.571. The van der Waals surface area contributed by atoms with Gasteiger partial charge in [0.15, 0.2) is 0 Å². The van der Waals surface area contributed by atoms with Crippen LogP contribution in [0, 0.1) is 0 Å². The number of aromatic nitrogens is 1. The molecule has 0 spiro atoms. The van der Waals surface area contributed by atoms with E-state index in [2.05, 4.69) is 10.3 Å². The third kappa shape index (κ3) is 2.85. The number of nitrogens with two attached hydrogens (primary N) is 1. The van der Waals surface area contributed by atoms with E-state index < -0.39 is 5.97 Å². The predicted octanol–water partition coefficient (Wildman–Crippen LogP) is 1.82. The maximum atomic E-state index is 11.8. The Labute approximate surface area is 118 Å². The topological polar surface area (TPSA) is 86.5 Å². The summed E-state index contributed by atoms with van der Waals surface area (Å²) in [5.74, 6) is 0.0689. The van der Waals surface area contributed by atoms with E-state index in [1.54, 1.807) is 26.3 Å². The molecule has 0 aliphatic heterocycles. The zero-order chi connectivity index (χ0) is 14.6. The first-order valence-corrected chi connectivity index (χ1v) is 6.82. The number of nitrogens with one attached hydrogen (secondary N) is 1. The van der Waals surface area contributed by atoms with Gasteiger partial charge in [-0.2, -0.15) is 0 Å². The second-order valence-electron chi connectivity index (χ2n) is 4.94. The second-order valence-corrected chi connectivity index (χ2v) is 4.94.